The Kier molecular flexibility index (Phi) is 7.35. The van der Waals surface area contributed by atoms with Gasteiger partial charge in [-0.15, -0.1) is 0 Å². The molecule has 0 unspecified atom stereocenters. The van der Waals surface area contributed by atoms with Gasteiger partial charge in [-0.3, -0.25) is 19.4 Å². The van der Waals surface area contributed by atoms with Gasteiger partial charge in [-0.25, -0.2) is 0 Å². The predicted molar refractivity (Wildman–Crippen MR) is 119 cm³/mol. The molecule has 0 bridgehead atoms. The summed E-state index contributed by atoms with van der Waals surface area (Å²) in [5.41, 5.74) is 3.36. The third kappa shape index (κ3) is 4.12. The highest BCUT2D eigenvalue weighted by molar-refractivity contribution is 7.80. The quantitative estimate of drug-likeness (QED) is 0.393. The molecule has 1 saturated heterocycles. The average molecular weight is 402 g/mol. The average Bonchev–Trinajstić information content (AvgIpc) is 2.67. The lowest BCUT2D eigenvalue weighted by Crippen LogP contribution is -2.55. The van der Waals surface area contributed by atoms with E-state index < -0.39 is 0 Å². The van der Waals surface area contributed by atoms with E-state index in [9.17, 15) is 9.59 Å². The number of anilines is 1. The second kappa shape index (κ2) is 9.32. The smallest absolute Gasteiger partial charge is 0.265 e. The highest BCUT2D eigenvalue weighted by Crippen LogP contribution is 2.29. The molecule has 0 spiro atoms. The fourth-order valence-corrected chi connectivity index (χ4v) is 3.94. The first-order chi connectivity index (χ1) is 13.3. The maximum atomic E-state index is 12.9. The van der Waals surface area contributed by atoms with Gasteiger partial charge in [-0.05, 0) is 75.2 Å². The van der Waals surface area contributed by atoms with Gasteiger partial charge < -0.3 is 4.90 Å². The van der Waals surface area contributed by atoms with Crippen LogP contribution in [0.4, 0.5) is 5.69 Å². The Morgan fingerprint density at radius 1 is 1.00 bits per heavy atom. The Labute approximate surface area is 174 Å². The number of hydrogen-bond acceptors (Lipinski definition) is 4. The summed E-state index contributed by atoms with van der Waals surface area (Å²) in [6.07, 6.45) is 1.74. The Bertz CT molecular complexity index is 769. The molecule has 0 N–H and O–H groups in total. The summed E-state index contributed by atoms with van der Waals surface area (Å²) in [7, 11) is 0. The zero-order valence-corrected chi connectivity index (χ0v) is 18.6. The maximum absolute atomic E-state index is 12.9. The van der Waals surface area contributed by atoms with Crippen molar-refractivity contribution in [1.82, 2.24) is 9.80 Å². The summed E-state index contributed by atoms with van der Waals surface area (Å²) in [5, 5.41) is 0.290. The number of hydrogen-bond donors (Lipinski definition) is 0. The molecule has 0 radical (unpaired) electrons. The molecule has 0 aromatic heterocycles. The summed E-state index contributed by atoms with van der Waals surface area (Å²) in [6, 6.07) is 6.24. The van der Waals surface area contributed by atoms with Crippen molar-refractivity contribution in [1.29, 1.82) is 0 Å². The Hall–Kier alpha value is -2.21. The zero-order chi connectivity index (χ0) is 21.0. The van der Waals surface area contributed by atoms with Crippen molar-refractivity contribution >= 4 is 40.9 Å². The molecule has 5 nitrogen and oxygen atoms in total. The molecule has 28 heavy (non-hydrogen) atoms. The van der Waals surface area contributed by atoms with Gasteiger partial charge in [-0.1, -0.05) is 19.9 Å². The fraction of sp³-hybridized carbons (Fsp3) is 0.500. The van der Waals surface area contributed by atoms with E-state index in [0.29, 0.717) is 13.1 Å². The lowest BCUT2D eigenvalue weighted by atomic mass is 9.94. The summed E-state index contributed by atoms with van der Waals surface area (Å²) < 4.78 is 0. The van der Waals surface area contributed by atoms with Crippen LogP contribution in [0.2, 0.25) is 0 Å². The number of carbonyl (C=O) groups excluding carboxylic acids is 2. The second-order valence-corrected chi connectivity index (χ2v) is 7.44. The van der Waals surface area contributed by atoms with Crippen molar-refractivity contribution in [3.8, 4) is 0 Å². The molecule has 6 heteroatoms. The van der Waals surface area contributed by atoms with Crippen LogP contribution < -0.4 is 4.90 Å². The first kappa shape index (κ1) is 22.1. The zero-order valence-electron chi connectivity index (χ0n) is 17.8. The monoisotopic (exact) mass is 401 g/mol. The minimum absolute atomic E-state index is 0.176. The van der Waals surface area contributed by atoms with Crippen LogP contribution in [0, 0.1) is 0 Å². The minimum Gasteiger partial charge on any atom is -0.372 e. The summed E-state index contributed by atoms with van der Waals surface area (Å²) >= 11 is 5.34. The van der Waals surface area contributed by atoms with Gasteiger partial charge in [0.2, 0.25) is 0 Å². The lowest BCUT2D eigenvalue weighted by Gasteiger charge is -2.35. The number of benzene rings is 1. The van der Waals surface area contributed by atoms with Crippen LogP contribution in [0.3, 0.4) is 0 Å². The van der Waals surface area contributed by atoms with Crippen LogP contribution in [0.25, 0.3) is 6.08 Å². The van der Waals surface area contributed by atoms with Crippen LogP contribution >= 0.6 is 12.2 Å². The standard InChI is InChI=1S/C22H31N3O2S/c1-7-23(8-2)17-12-11-16(18(14-17)15(5)6)13-19-20(26)24(9-3)22(28)25(10-4)21(19)27/h11-15H,7-10H2,1-6H3. The predicted octanol–water partition coefficient (Wildman–Crippen LogP) is 4.04. The molecule has 0 atom stereocenters. The van der Waals surface area contributed by atoms with E-state index >= 15 is 0 Å². The number of likely N-dealkylation sites (N-methyl/N-ethyl adjacent to an activating group) is 2. The molecule has 1 aromatic rings. The van der Waals surface area contributed by atoms with Crippen LogP contribution in [0.5, 0.6) is 0 Å². The van der Waals surface area contributed by atoms with E-state index in [1.165, 1.54) is 9.80 Å². The molecule has 1 aromatic carbocycles. The summed E-state index contributed by atoms with van der Waals surface area (Å²) in [6.45, 7) is 15.0. The number of amides is 2. The molecule has 0 aliphatic carbocycles. The first-order valence-electron chi connectivity index (χ1n) is 10.1. The van der Waals surface area contributed by atoms with Gasteiger partial charge in [0.15, 0.2) is 5.11 Å². The van der Waals surface area contributed by atoms with E-state index in [1.54, 1.807) is 6.08 Å². The molecule has 1 aliphatic rings. The summed E-state index contributed by atoms with van der Waals surface area (Å²) in [4.78, 5) is 31.1. The number of rotatable bonds is 7. The third-order valence-corrected chi connectivity index (χ3v) is 5.61. The normalized spacial score (nSPS) is 15.0. The highest BCUT2D eigenvalue weighted by atomic mass is 32.1. The van der Waals surface area contributed by atoms with Gasteiger partial charge in [0.05, 0.1) is 0 Å². The molecule has 2 amide bonds. The molecular weight excluding hydrogens is 370 g/mol. The highest BCUT2D eigenvalue weighted by Gasteiger charge is 2.37. The van der Waals surface area contributed by atoms with Crippen molar-refractivity contribution in [3.63, 3.8) is 0 Å². The topological polar surface area (TPSA) is 43.9 Å². The fourth-order valence-electron chi connectivity index (χ4n) is 3.52. The van der Waals surface area contributed by atoms with Gasteiger partial charge in [-0.2, -0.15) is 0 Å². The van der Waals surface area contributed by atoms with Crippen LogP contribution in [-0.4, -0.2) is 52.9 Å². The number of thiocarbonyl (C=S) groups is 1. The van der Waals surface area contributed by atoms with Gasteiger partial charge in [0, 0.05) is 31.9 Å². The van der Waals surface area contributed by atoms with E-state index in [2.05, 4.69) is 44.7 Å². The molecule has 152 valence electrons. The van der Waals surface area contributed by atoms with Gasteiger partial charge in [0.25, 0.3) is 11.8 Å². The summed E-state index contributed by atoms with van der Waals surface area (Å²) in [5.74, 6) is -0.365. The van der Waals surface area contributed by atoms with E-state index in [4.69, 9.17) is 12.2 Å². The Morgan fingerprint density at radius 2 is 1.54 bits per heavy atom. The molecule has 1 aliphatic heterocycles. The van der Waals surface area contributed by atoms with Crippen LogP contribution in [-0.2, 0) is 9.59 Å². The van der Waals surface area contributed by atoms with Gasteiger partial charge >= 0.3 is 0 Å². The van der Waals surface area contributed by atoms with Crippen molar-refractivity contribution in [3.05, 3.63) is 34.9 Å². The van der Waals surface area contributed by atoms with Crippen LogP contribution in [0.1, 0.15) is 58.6 Å². The van der Waals surface area contributed by atoms with Crippen molar-refractivity contribution in [2.45, 2.75) is 47.5 Å². The van der Waals surface area contributed by atoms with E-state index in [0.717, 1.165) is 29.9 Å². The SMILES string of the molecule is CCN1C(=O)C(=Cc2ccc(N(CC)CC)cc2C(C)C)C(=O)N(CC)C1=S. The van der Waals surface area contributed by atoms with Crippen molar-refractivity contribution in [2.24, 2.45) is 0 Å². The molecule has 0 saturated carbocycles. The van der Waals surface area contributed by atoms with Gasteiger partial charge in [0.1, 0.15) is 5.57 Å². The minimum atomic E-state index is -0.315. The van der Waals surface area contributed by atoms with Crippen LogP contribution in [0.15, 0.2) is 23.8 Å². The van der Waals surface area contributed by atoms with Crippen molar-refractivity contribution < 1.29 is 9.59 Å². The second-order valence-electron chi connectivity index (χ2n) is 7.08. The Morgan fingerprint density at radius 3 is 1.96 bits per heavy atom. The number of carbonyl (C=O) groups is 2. The molecule has 1 fully saturated rings. The third-order valence-electron chi connectivity index (χ3n) is 5.17. The maximum Gasteiger partial charge on any atom is 0.265 e. The lowest BCUT2D eigenvalue weighted by molar-refractivity contribution is -0.133. The largest absolute Gasteiger partial charge is 0.372 e. The number of nitrogens with zero attached hydrogens (tertiary/aromatic N) is 3. The van der Waals surface area contributed by atoms with E-state index in [1.807, 2.05) is 19.9 Å². The van der Waals surface area contributed by atoms with E-state index in [-0.39, 0.29) is 28.4 Å². The molecular formula is C22H31N3O2S. The molecule has 2 rings (SSSR count). The Balaban J connectivity index is 2.56. The molecule has 1 heterocycles. The first-order valence-corrected chi connectivity index (χ1v) is 10.5. The van der Waals surface area contributed by atoms with Crippen molar-refractivity contribution in [2.75, 3.05) is 31.1 Å².